The van der Waals surface area contributed by atoms with Crippen LogP contribution in [0.25, 0.3) is 0 Å². The topological polar surface area (TPSA) is 30.0 Å². The van der Waals surface area contributed by atoms with Crippen molar-refractivity contribution in [1.29, 1.82) is 0 Å². The summed E-state index contributed by atoms with van der Waals surface area (Å²) in [6.07, 6.45) is -2.05. The minimum Gasteiger partial charge on any atom is -0.294 e. The third-order valence-corrected chi connectivity index (χ3v) is 2.87. The zero-order valence-electron chi connectivity index (χ0n) is 10.5. The van der Waals surface area contributed by atoms with E-state index in [0.717, 1.165) is 17.8 Å². The lowest BCUT2D eigenvalue weighted by molar-refractivity contribution is -0.137. The fraction of sp³-hybridized carbons (Fsp3) is 0.200. The van der Waals surface area contributed by atoms with Gasteiger partial charge in [0.15, 0.2) is 5.78 Å². The van der Waals surface area contributed by atoms with Crippen molar-refractivity contribution in [2.75, 3.05) is 0 Å². The Hall–Kier alpha value is -2.17. The van der Waals surface area contributed by atoms with E-state index in [0.29, 0.717) is 6.42 Å². The van der Waals surface area contributed by atoms with E-state index in [4.69, 9.17) is 0 Å². The average Bonchev–Trinajstić information content (AvgIpc) is 2.45. The van der Waals surface area contributed by atoms with Crippen molar-refractivity contribution in [3.63, 3.8) is 0 Å². The maximum Gasteiger partial charge on any atom is 0.416 e. The second kappa shape index (κ2) is 5.86. The Labute approximate surface area is 114 Å². The molecule has 1 aromatic carbocycles. The minimum atomic E-state index is -4.38. The molecule has 1 heterocycles. The normalized spacial score (nSPS) is 11.3. The van der Waals surface area contributed by atoms with Crippen molar-refractivity contribution >= 4 is 5.78 Å². The van der Waals surface area contributed by atoms with Crippen LogP contribution in [0.2, 0.25) is 0 Å². The molecule has 0 aliphatic rings. The van der Waals surface area contributed by atoms with Crippen molar-refractivity contribution in [3.8, 4) is 0 Å². The third-order valence-electron chi connectivity index (χ3n) is 2.87. The van der Waals surface area contributed by atoms with Crippen LogP contribution in [0.5, 0.6) is 0 Å². The standard InChI is InChI=1S/C15H12F3NO/c16-15(17,18)12-6-4-11(5-7-12)14(20)9-8-13-3-1-2-10-19-13/h1-7,10H,8-9H2. The number of aromatic nitrogens is 1. The SMILES string of the molecule is O=C(CCc1ccccn1)c1ccc(C(F)(F)F)cc1. The van der Waals surface area contributed by atoms with Crippen LogP contribution < -0.4 is 0 Å². The highest BCUT2D eigenvalue weighted by Crippen LogP contribution is 2.29. The fourth-order valence-electron chi connectivity index (χ4n) is 1.78. The third kappa shape index (κ3) is 3.66. The Morgan fingerprint density at radius 1 is 1.05 bits per heavy atom. The smallest absolute Gasteiger partial charge is 0.294 e. The highest BCUT2D eigenvalue weighted by Gasteiger charge is 2.30. The maximum atomic E-state index is 12.4. The van der Waals surface area contributed by atoms with Gasteiger partial charge in [-0.05, 0) is 30.7 Å². The van der Waals surface area contributed by atoms with Crippen LogP contribution in [-0.2, 0) is 12.6 Å². The van der Waals surface area contributed by atoms with Gasteiger partial charge < -0.3 is 0 Å². The first-order valence-corrected chi connectivity index (χ1v) is 6.07. The molecule has 0 amide bonds. The molecule has 104 valence electrons. The number of hydrogen-bond donors (Lipinski definition) is 0. The number of halogens is 3. The molecule has 0 bridgehead atoms. The molecule has 1 aromatic heterocycles. The molecule has 0 aliphatic carbocycles. The highest BCUT2D eigenvalue weighted by atomic mass is 19.4. The van der Waals surface area contributed by atoms with E-state index in [1.165, 1.54) is 12.1 Å². The lowest BCUT2D eigenvalue weighted by Gasteiger charge is -2.07. The molecule has 2 rings (SSSR count). The average molecular weight is 279 g/mol. The van der Waals surface area contributed by atoms with Crippen LogP contribution in [-0.4, -0.2) is 10.8 Å². The van der Waals surface area contributed by atoms with E-state index in [2.05, 4.69) is 4.98 Å². The Kier molecular flexibility index (Phi) is 4.17. The van der Waals surface area contributed by atoms with Gasteiger partial charge in [0.2, 0.25) is 0 Å². The van der Waals surface area contributed by atoms with Gasteiger partial charge in [0.25, 0.3) is 0 Å². The number of Topliss-reactive ketones (excluding diaryl/α,β-unsaturated/α-hetero) is 1. The number of nitrogens with zero attached hydrogens (tertiary/aromatic N) is 1. The summed E-state index contributed by atoms with van der Waals surface area (Å²) in [4.78, 5) is 16.0. The second-order valence-electron chi connectivity index (χ2n) is 4.32. The van der Waals surface area contributed by atoms with E-state index in [1.54, 1.807) is 18.3 Å². The van der Waals surface area contributed by atoms with Crippen LogP contribution in [0, 0.1) is 0 Å². The van der Waals surface area contributed by atoms with Crippen LogP contribution >= 0.6 is 0 Å². The number of carbonyl (C=O) groups is 1. The molecule has 0 atom stereocenters. The zero-order valence-corrected chi connectivity index (χ0v) is 10.5. The summed E-state index contributed by atoms with van der Waals surface area (Å²) in [6.45, 7) is 0. The maximum absolute atomic E-state index is 12.4. The summed E-state index contributed by atoms with van der Waals surface area (Å²) >= 11 is 0. The number of ketones is 1. The summed E-state index contributed by atoms with van der Waals surface area (Å²) in [5.41, 5.74) is 0.320. The molecular weight excluding hydrogens is 267 g/mol. The van der Waals surface area contributed by atoms with Gasteiger partial charge in [0.05, 0.1) is 5.56 Å². The first kappa shape index (κ1) is 14.2. The molecule has 2 nitrogen and oxygen atoms in total. The first-order valence-electron chi connectivity index (χ1n) is 6.07. The van der Waals surface area contributed by atoms with Gasteiger partial charge in [0, 0.05) is 23.9 Å². The van der Waals surface area contributed by atoms with Gasteiger partial charge in [-0.3, -0.25) is 9.78 Å². The van der Waals surface area contributed by atoms with E-state index >= 15 is 0 Å². The van der Waals surface area contributed by atoms with Crippen molar-refractivity contribution in [2.24, 2.45) is 0 Å². The number of aryl methyl sites for hydroxylation is 1. The van der Waals surface area contributed by atoms with E-state index in [9.17, 15) is 18.0 Å². The Morgan fingerprint density at radius 2 is 1.75 bits per heavy atom. The lowest BCUT2D eigenvalue weighted by Crippen LogP contribution is -2.06. The first-order chi connectivity index (χ1) is 9.47. The van der Waals surface area contributed by atoms with Crippen molar-refractivity contribution in [1.82, 2.24) is 4.98 Å². The number of carbonyl (C=O) groups excluding carboxylic acids is 1. The van der Waals surface area contributed by atoms with Crippen molar-refractivity contribution in [3.05, 3.63) is 65.5 Å². The van der Waals surface area contributed by atoms with Gasteiger partial charge in [0.1, 0.15) is 0 Å². The lowest BCUT2D eigenvalue weighted by atomic mass is 10.0. The van der Waals surface area contributed by atoms with Crippen LogP contribution in [0.1, 0.15) is 28.0 Å². The Morgan fingerprint density at radius 3 is 2.30 bits per heavy atom. The van der Waals surface area contributed by atoms with Crippen molar-refractivity contribution < 1.29 is 18.0 Å². The predicted octanol–water partition coefficient (Wildman–Crippen LogP) is 3.92. The molecule has 0 fully saturated rings. The monoisotopic (exact) mass is 279 g/mol. The zero-order chi connectivity index (χ0) is 14.6. The quantitative estimate of drug-likeness (QED) is 0.794. The van der Waals surface area contributed by atoms with E-state index in [-0.39, 0.29) is 17.8 Å². The predicted molar refractivity (Wildman–Crippen MR) is 68.3 cm³/mol. The summed E-state index contributed by atoms with van der Waals surface area (Å²) in [7, 11) is 0. The van der Waals surface area contributed by atoms with Gasteiger partial charge in [-0.2, -0.15) is 13.2 Å². The second-order valence-corrected chi connectivity index (χ2v) is 4.32. The molecule has 0 saturated heterocycles. The summed E-state index contributed by atoms with van der Waals surface area (Å²) in [5, 5.41) is 0. The van der Waals surface area contributed by atoms with E-state index < -0.39 is 11.7 Å². The molecular formula is C15H12F3NO. The number of hydrogen-bond acceptors (Lipinski definition) is 2. The summed E-state index contributed by atoms with van der Waals surface area (Å²) in [6, 6.07) is 9.68. The summed E-state index contributed by atoms with van der Waals surface area (Å²) < 4.78 is 37.2. The Balaban J connectivity index is 1.99. The molecule has 0 unspecified atom stereocenters. The van der Waals surface area contributed by atoms with Crippen LogP contribution in [0.15, 0.2) is 48.7 Å². The van der Waals surface area contributed by atoms with Gasteiger partial charge in [-0.25, -0.2) is 0 Å². The Bertz CT molecular complexity index is 576. The number of pyridine rings is 1. The number of alkyl halides is 3. The van der Waals surface area contributed by atoms with Gasteiger partial charge >= 0.3 is 6.18 Å². The highest BCUT2D eigenvalue weighted by molar-refractivity contribution is 5.96. The number of benzene rings is 1. The van der Waals surface area contributed by atoms with Crippen LogP contribution in [0.4, 0.5) is 13.2 Å². The molecule has 0 radical (unpaired) electrons. The van der Waals surface area contributed by atoms with Gasteiger partial charge in [-0.1, -0.05) is 18.2 Å². The number of rotatable bonds is 4. The molecule has 0 saturated carbocycles. The fourth-order valence-corrected chi connectivity index (χ4v) is 1.78. The molecule has 20 heavy (non-hydrogen) atoms. The molecule has 0 N–H and O–H groups in total. The van der Waals surface area contributed by atoms with E-state index in [1.807, 2.05) is 6.07 Å². The largest absolute Gasteiger partial charge is 0.416 e. The molecule has 5 heteroatoms. The summed E-state index contributed by atoms with van der Waals surface area (Å²) in [5.74, 6) is -0.190. The minimum absolute atomic E-state index is 0.190. The van der Waals surface area contributed by atoms with Crippen LogP contribution in [0.3, 0.4) is 0 Å². The van der Waals surface area contributed by atoms with Crippen molar-refractivity contribution in [2.45, 2.75) is 19.0 Å². The molecule has 2 aromatic rings. The molecule has 0 aliphatic heterocycles. The molecule has 0 spiro atoms. The van der Waals surface area contributed by atoms with Gasteiger partial charge in [-0.15, -0.1) is 0 Å².